The fraction of sp³-hybridized carbons (Fsp3) is 0.333. The van der Waals surface area contributed by atoms with E-state index in [0.29, 0.717) is 11.4 Å². The number of hydrogen-bond acceptors (Lipinski definition) is 4. The third-order valence-electron chi connectivity index (χ3n) is 2.36. The van der Waals surface area contributed by atoms with Crippen LogP contribution in [0.3, 0.4) is 0 Å². The Balaban J connectivity index is 2.17. The zero-order valence-electron chi connectivity index (χ0n) is 9.35. The second-order valence-electron chi connectivity index (χ2n) is 3.66. The molecule has 4 nitrogen and oxygen atoms in total. The molecule has 1 heterocycles. The predicted molar refractivity (Wildman–Crippen MR) is 70.2 cm³/mol. The molecule has 2 rings (SSSR count). The maximum atomic E-state index is 11.7. The second-order valence-corrected chi connectivity index (χ2v) is 4.76. The number of nitrogens with zero attached hydrogens (tertiary/aromatic N) is 1. The van der Waals surface area contributed by atoms with Gasteiger partial charge in [-0.2, -0.15) is 11.8 Å². The fourth-order valence-electron chi connectivity index (χ4n) is 1.50. The van der Waals surface area contributed by atoms with Crippen LogP contribution in [0.15, 0.2) is 29.1 Å². The van der Waals surface area contributed by atoms with Gasteiger partial charge >= 0.3 is 0 Å². The van der Waals surface area contributed by atoms with Crippen molar-refractivity contribution in [3.63, 3.8) is 0 Å². The number of aliphatic hydroxyl groups excluding tert-OH is 1. The molecule has 90 valence electrons. The lowest BCUT2D eigenvalue weighted by atomic mass is 10.3. The largest absolute Gasteiger partial charge is 0.396 e. The molecule has 5 heteroatoms. The lowest BCUT2D eigenvalue weighted by Crippen LogP contribution is -2.14. The summed E-state index contributed by atoms with van der Waals surface area (Å²) in [6, 6.07) is 7.49. The van der Waals surface area contributed by atoms with Gasteiger partial charge in [-0.1, -0.05) is 12.1 Å². The first-order valence-corrected chi connectivity index (χ1v) is 6.63. The molecule has 0 bridgehead atoms. The summed E-state index contributed by atoms with van der Waals surface area (Å²) in [7, 11) is 0. The van der Waals surface area contributed by atoms with Crippen LogP contribution in [0.1, 0.15) is 12.1 Å². The molecule has 0 amide bonds. The smallest absolute Gasteiger partial charge is 0.270 e. The molecule has 0 aliphatic carbocycles. The molecule has 0 aliphatic rings. The van der Waals surface area contributed by atoms with E-state index in [1.54, 1.807) is 11.8 Å². The highest BCUT2D eigenvalue weighted by Gasteiger charge is 2.04. The summed E-state index contributed by atoms with van der Waals surface area (Å²) < 4.78 is 0. The number of rotatable bonds is 5. The predicted octanol–water partition coefficient (Wildman–Crippen LogP) is 1.54. The van der Waals surface area contributed by atoms with E-state index in [1.807, 2.05) is 24.3 Å². The first-order chi connectivity index (χ1) is 8.31. The molecule has 0 radical (unpaired) electrons. The topological polar surface area (TPSA) is 66.0 Å². The van der Waals surface area contributed by atoms with Crippen LogP contribution in [-0.4, -0.2) is 27.4 Å². The minimum absolute atomic E-state index is 0.125. The maximum Gasteiger partial charge on any atom is 0.270 e. The van der Waals surface area contributed by atoms with Gasteiger partial charge < -0.3 is 10.1 Å². The van der Waals surface area contributed by atoms with Crippen molar-refractivity contribution in [2.24, 2.45) is 0 Å². The number of hydrogen-bond donors (Lipinski definition) is 2. The van der Waals surface area contributed by atoms with Gasteiger partial charge in [0.15, 0.2) is 0 Å². The molecule has 0 spiro atoms. The third-order valence-corrected chi connectivity index (χ3v) is 3.41. The molecule has 2 N–H and O–H groups in total. The quantitative estimate of drug-likeness (QED) is 0.790. The molecule has 0 unspecified atom stereocenters. The van der Waals surface area contributed by atoms with Gasteiger partial charge in [-0.3, -0.25) is 4.79 Å². The fourth-order valence-corrected chi connectivity index (χ4v) is 2.37. The van der Waals surface area contributed by atoms with E-state index in [1.165, 1.54) is 0 Å². The summed E-state index contributed by atoms with van der Waals surface area (Å²) >= 11 is 1.61. The number of fused-ring (bicyclic) bond motifs is 1. The van der Waals surface area contributed by atoms with E-state index in [9.17, 15) is 4.79 Å². The highest BCUT2D eigenvalue weighted by molar-refractivity contribution is 7.98. The van der Waals surface area contributed by atoms with Gasteiger partial charge in [0.2, 0.25) is 0 Å². The SMILES string of the molecule is O=c1[nH]c2ccccc2nc1CSCCCO. The number of aliphatic hydroxyl groups is 1. The van der Waals surface area contributed by atoms with Crippen LogP contribution in [0.25, 0.3) is 11.0 Å². The van der Waals surface area contributed by atoms with Crippen LogP contribution in [0, 0.1) is 0 Å². The molecule has 0 atom stereocenters. The molecule has 1 aromatic carbocycles. The standard InChI is InChI=1S/C12H14N2O2S/c15-6-3-7-17-8-11-12(16)14-10-5-2-1-4-9(10)13-11/h1-2,4-5,15H,3,6-8H2,(H,14,16). The number of benzene rings is 1. The highest BCUT2D eigenvalue weighted by Crippen LogP contribution is 2.11. The lowest BCUT2D eigenvalue weighted by molar-refractivity contribution is 0.296. The van der Waals surface area contributed by atoms with Crippen molar-refractivity contribution >= 4 is 22.8 Å². The molecule has 1 aromatic heterocycles. The molecule has 0 aliphatic heterocycles. The molecular weight excluding hydrogens is 236 g/mol. The molecule has 0 saturated heterocycles. The van der Waals surface area contributed by atoms with Crippen LogP contribution < -0.4 is 5.56 Å². The Morgan fingerprint density at radius 3 is 3.00 bits per heavy atom. The van der Waals surface area contributed by atoms with Crippen LogP contribution in [0.4, 0.5) is 0 Å². The van der Waals surface area contributed by atoms with Crippen LogP contribution in [-0.2, 0) is 5.75 Å². The number of H-pyrrole nitrogens is 1. The molecular formula is C12H14N2O2S. The van der Waals surface area contributed by atoms with Gasteiger partial charge in [-0.15, -0.1) is 0 Å². The summed E-state index contributed by atoms with van der Waals surface area (Å²) in [5, 5.41) is 8.66. The number of aromatic amines is 1. The van der Waals surface area contributed by atoms with E-state index >= 15 is 0 Å². The van der Waals surface area contributed by atoms with Gasteiger partial charge in [0.25, 0.3) is 5.56 Å². The summed E-state index contributed by atoms with van der Waals surface area (Å²) in [6.07, 6.45) is 0.746. The summed E-state index contributed by atoms with van der Waals surface area (Å²) in [6.45, 7) is 0.189. The number of para-hydroxylation sites is 2. The highest BCUT2D eigenvalue weighted by atomic mass is 32.2. The maximum absolute atomic E-state index is 11.7. The van der Waals surface area contributed by atoms with E-state index in [4.69, 9.17) is 5.11 Å². The Kier molecular flexibility index (Phi) is 4.17. The van der Waals surface area contributed by atoms with Crippen molar-refractivity contribution in [2.45, 2.75) is 12.2 Å². The average molecular weight is 250 g/mol. The Morgan fingerprint density at radius 1 is 1.35 bits per heavy atom. The summed E-state index contributed by atoms with van der Waals surface area (Å²) in [4.78, 5) is 18.9. The normalized spacial score (nSPS) is 10.9. The van der Waals surface area contributed by atoms with Gasteiger partial charge in [0.05, 0.1) is 11.0 Å². The first-order valence-electron chi connectivity index (χ1n) is 5.48. The van der Waals surface area contributed by atoms with Crippen molar-refractivity contribution in [1.29, 1.82) is 0 Å². The Hall–Kier alpha value is -1.33. The van der Waals surface area contributed by atoms with Gasteiger partial charge in [-0.25, -0.2) is 4.98 Å². The van der Waals surface area contributed by atoms with Crippen LogP contribution in [0.5, 0.6) is 0 Å². The number of aromatic nitrogens is 2. The third kappa shape index (κ3) is 3.08. The Labute approximate surface area is 103 Å². The van der Waals surface area contributed by atoms with Crippen molar-refractivity contribution in [3.05, 3.63) is 40.3 Å². The van der Waals surface area contributed by atoms with Crippen LogP contribution in [0.2, 0.25) is 0 Å². The minimum atomic E-state index is -0.125. The van der Waals surface area contributed by atoms with Crippen molar-refractivity contribution in [2.75, 3.05) is 12.4 Å². The van der Waals surface area contributed by atoms with Gasteiger partial charge in [0, 0.05) is 12.4 Å². The minimum Gasteiger partial charge on any atom is -0.396 e. The number of nitrogens with one attached hydrogen (secondary N) is 1. The molecule has 17 heavy (non-hydrogen) atoms. The number of thioether (sulfide) groups is 1. The summed E-state index contributed by atoms with van der Waals surface area (Å²) in [5.74, 6) is 1.42. The average Bonchev–Trinajstić information content (AvgIpc) is 2.35. The van der Waals surface area contributed by atoms with E-state index < -0.39 is 0 Å². The molecule has 2 aromatic rings. The Morgan fingerprint density at radius 2 is 2.18 bits per heavy atom. The molecule has 0 fully saturated rings. The zero-order chi connectivity index (χ0) is 12.1. The van der Waals surface area contributed by atoms with E-state index in [-0.39, 0.29) is 12.2 Å². The lowest BCUT2D eigenvalue weighted by Gasteiger charge is -2.02. The van der Waals surface area contributed by atoms with E-state index in [2.05, 4.69) is 9.97 Å². The van der Waals surface area contributed by atoms with Crippen LogP contribution >= 0.6 is 11.8 Å². The van der Waals surface area contributed by atoms with Gasteiger partial charge in [-0.05, 0) is 24.3 Å². The molecule has 0 saturated carbocycles. The monoisotopic (exact) mass is 250 g/mol. The van der Waals surface area contributed by atoms with Gasteiger partial charge in [0.1, 0.15) is 5.69 Å². The Bertz CT molecular complexity index is 553. The second kappa shape index (κ2) is 5.84. The summed E-state index contributed by atoms with van der Waals surface area (Å²) in [5.41, 5.74) is 2.00. The van der Waals surface area contributed by atoms with Crippen molar-refractivity contribution in [1.82, 2.24) is 9.97 Å². The zero-order valence-corrected chi connectivity index (χ0v) is 10.2. The van der Waals surface area contributed by atoms with E-state index in [0.717, 1.165) is 23.2 Å². The van der Waals surface area contributed by atoms with Crippen molar-refractivity contribution in [3.8, 4) is 0 Å². The first kappa shape index (κ1) is 12.1. The van der Waals surface area contributed by atoms with Crippen molar-refractivity contribution < 1.29 is 5.11 Å².